The number of anilines is 4. The van der Waals surface area contributed by atoms with E-state index in [-0.39, 0.29) is 35.0 Å². The van der Waals surface area contributed by atoms with Crippen molar-refractivity contribution >= 4 is 64.3 Å². The molecular weight excluding hydrogens is 916 g/mol. The Labute approximate surface area is 408 Å². The molecule has 2 aromatic carbocycles. The monoisotopic (exact) mass is 970 g/mol. The van der Waals surface area contributed by atoms with Crippen molar-refractivity contribution in [1.29, 1.82) is 0 Å². The molecule has 1 fully saturated rings. The van der Waals surface area contributed by atoms with Crippen molar-refractivity contribution in [1.82, 2.24) is 50.1 Å². The number of halogens is 1. The third kappa shape index (κ3) is 12.6. The largest absolute Gasteiger partial charge is 0.480 e. The highest BCUT2D eigenvalue weighted by Gasteiger charge is 2.28. The van der Waals surface area contributed by atoms with Gasteiger partial charge in [-0.2, -0.15) is 19.5 Å². The van der Waals surface area contributed by atoms with Gasteiger partial charge < -0.3 is 41.8 Å². The fraction of sp³-hybridized carbons (Fsp3) is 0.306. The van der Waals surface area contributed by atoms with Crippen LogP contribution < -0.4 is 32.3 Å². The van der Waals surface area contributed by atoms with Crippen molar-refractivity contribution in [2.75, 3.05) is 47.9 Å². The smallest absolute Gasteiger partial charge is 0.320 e. The van der Waals surface area contributed by atoms with Crippen molar-refractivity contribution in [2.24, 2.45) is 0 Å². The second kappa shape index (κ2) is 24.0. The van der Waals surface area contributed by atoms with Crippen LogP contribution in [0.25, 0.3) is 28.5 Å². The molecule has 6 heterocycles. The molecule has 7 aromatic rings. The average Bonchev–Trinajstić information content (AvgIpc) is 4.07. The minimum absolute atomic E-state index is 0.0936. The van der Waals surface area contributed by atoms with Crippen molar-refractivity contribution in [2.45, 2.75) is 72.0 Å². The van der Waals surface area contributed by atoms with E-state index >= 15 is 0 Å². The number of aliphatic carboxylic acids is 1. The molecule has 8 N–H and O–H groups in total. The van der Waals surface area contributed by atoms with Gasteiger partial charge in [0, 0.05) is 62.8 Å². The number of carbonyl (C=O) groups is 4. The molecule has 3 amide bonds. The third-order valence-electron chi connectivity index (χ3n) is 11.3. The molecule has 0 aliphatic carbocycles. The topological polar surface area (TPSA) is 273 Å². The van der Waals surface area contributed by atoms with E-state index < -0.39 is 23.8 Å². The Kier molecular flexibility index (Phi) is 17.1. The first-order valence-corrected chi connectivity index (χ1v) is 23.4. The maximum absolute atomic E-state index is 13.3. The lowest BCUT2D eigenvalue weighted by molar-refractivity contribution is -0.144. The number of nitrogens with one attached hydrogen (secondary N) is 5. The lowest BCUT2D eigenvalue weighted by Crippen LogP contribution is -2.44. The fourth-order valence-corrected chi connectivity index (χ4v) is 8.01. The molecule has 21 heteroatoms. The van der Waals surface area contributed by atoms with Crippen LogP contribution in [-0.2, 0) is 22.7 Å². The van der Waals surface area contributed by atoms with Crippen molar-refractivity contribution in [3.8, 4) is 22.7 Å². The Morgan fingerprint density at radius 3 is 2.24 bits per heavy atom. The molecule has 1 saturated heterocycles. The van der Waals surface area contributed by atoms with Gasteiger partial charge in [-0.3, -0.25) is 34.0 Å². The highest BCUT2D eigenvalue weighted by atomic mass is 35.5. The number of piperidine rings is 1. The van der Waals surface area contributed by atoms with Crippen LogP contribution in [0.3, 0.4) is 0 Å². The van der Waals surface area contributed by atoms with Crippen LogP contribution in [0.4, 0.5) is 23.3 Å². The van der Waals surface area contributed by atoms with E-state index in [1.54, 1.807) is 60.9 Å². The zero-order chi connectivity index (χ0) is 49.6. The summed E-state index contributed by atoms with van der Waals surface area (Å²) in [6.07, 6.45) is 8.02. The van der Waals surface area contributed by atoms with Crippen LogP contribution in [0.5, 0.6) is 0 Å². The van der Waals surface area contributed by atoms with E-state index in [1.807, 2.05) is 49.9 Å². The number of rotatable bonds is 19. The number of aromatic nitrogens is 7. The predicted molar refractivity (Wildman–Crippen MR) is 266 cm³/mol. The van der Waals surface area contributed by atoms with Gasteiger partial charge in [-0.25, -0.2) is 0 Å². The molecule has 1 aliphatic rings. The summed E-state index contributed by atoms with van der Waals surface area (Å²) in [4.78, 5) is 74.3. The number of amides is 3. The van der Waals surface area contributed by atoms with Gasteiger partial charge >= 0.3 is 5.97 Å². The van der Waals surface area contributed by atoms with Crippen molar-refractivity contribution < 1.29 is 28.7 Å². The van der Waals surface area contributed by atoms with Crippen LogP contribution >= 0.6 is 11.6 Å². The average molecular weight is 972 g/mol. The van der Waals surface area contributed by atoms with E-state index in [4.69, 9.17) is 21.8 Å². The molecule has 1 atom stereocenters. The Morgan fingerprint density at radius 1 is 0.829 bits per heavy atom. The summed E-state index contributed by atoms with van der Waals surface area (Å²) in [6, 6.07) is 20.6. The summed E-state index contributed by atoms with van der Waals surface area (Å²) in [5.74, 6) is -0.283. The number of carbonyl (C=O) groups excluding carboxylic acids is 3. The molecule has 0 spiro atoms. The highest BCUT2D eigenvalue weighted by molar-refractivity contribution is 6.36. The second-order valence-electron chi connectivity index (χ2n) is 16.1. The maximum Gasteiger partial charge on any atom is 0.320 e. The van der Waals surface area contributed by atoms with Gasteiger partial charge in [0.1, 0.15) is 17.4 Å². The molecule has 0 saturated carbocycles. The molecule has 1 unspecified atom stereocenters. The number of carboxylic acid groups (broad SMARTS) is 1. The number of furan rings is 1. The van der Waals surface area contributed by atoms with Crippen LogP contribution in [0.15, 0.2) is 95.9 Å². The number of fused-ring (bicyclic) bond motifs is 1. The van der Waals surface area contributed by atoms with E-state index in [2.05, 4.69) is 56.6 Å². The van der Waals surface area contributed by atoms with Crippen LogP contribution in [0.1, 0.15) is 83.6 Å². The zero-order valence-corrected chi connectivity index (χ0v) is 39.8. The van der Waals surface area contributed by atoms with Crippen LogP contribution in [0.2, 0.25) is 5.02 Å². The molecule has 0 bridgehead atoms. The van der Waals surface area contributed by atoms with Gasteiger partial charge in [-0.1, -0.05) is 68.3 Å². The molecule has 70 heavy (non-hydrogen) atoms. The quantitative estimate of drug-likeness (QED) is 0.0408. The number of hydrogen-bond donors (Lipinski definition) is 7. The Hall–Kier alpha value is -7.81. The number of pyridine rings is 2. The minimum Gasteiger partial charge on any atom is -0.480 e. The third-order valence-corrected chi connectivity index (χ3v) is 11.7. The Morgan fingerprint density at radius 2 is 1.54 bits per heavy atom. The van der Waals surface area contributed by atoms with Gasteiger partial charge in [-0.15, -0.1) is 5.10 Å². The normalized spacial score (nSPS) is 13.5. The molecular formula is C49H55ClN14O6. The number of nitrogens with zero attached hydrogens (tertiary/aromatic N) is 8. The number of benzene rings is 2. The summed E-state index contributed by atoms with van der Waals surface area (Å²) < 4.78 is 6.66. The Balaban J connectivity index is 0.00000356. The van der Waals surface area contributed by atoms with Gasteiger partial charge in [0.15, 0.2) is 5.76 Å². The van der Waals surface area contributed by atoms with E-state index in [0.29, 0.717) is 92.1 Å². The fourth-order valence-electron chi connectivity index (χ4n) is 7.74. The van der Waals surface area contributed by atoms with Gasteiger partial charge in [0.05, 0.1) is 17.0 Å². The number of nitrogen functional groups attached to an aromatic ring is 1. The number of carboxylic acids is 1. The van der Waals surface area contributed by atoms with Gasteiger partial charge in [-0.05, 0) is 91.4 Å². The van der Waals surface area contributed by atoms with Gasteiger partial charge in [0.2, 0.25) is 23.6 Å². The summed E-state index contributed by atoms with van der Waals surface area (Å²) in [7, 11) is 0. The molecule has 20 nitrogen and oxygen atoms in total. The zero-order valence-electron chi connectivity index (χ0n) is 39.0. The summed E-state index contributed by atoms with van der Waals surface area (Å²) in [5, 5.41) is 29.3. The molecule has 0 radical (unpaired) electrons. The number of nitrogens with two attached hydrogens (primary N) is 1. The minimum atomic E-state index is -0.827. The summed E-state index contributed by atoms with van der Waals surface area (Å²) in [6.45, 7) is 8.87. The van der Waals surface area contributed by atoms with Crippen LogP contribution in [-0.4, -0.2) is 100 Å². The van der Waals surface area contributed by atoms with Crippen LogP contribution in [0, 0.1) is 6.92 Å². The molecule has 1 aliphatic heterocycles. The first-order chi connectivity index (χ1) is 34.0. The maximum atomic E-state index is 13.3. The first kappa shape index (κ1) is 50.1. The predicted octanol–water partition coefficient (Wildman–Crippen LogP) is 6.85. The lowest BCUT2D eigenvalue weighted by atomic mass is 9.98. The second-order valence-corrected chi connectivity index (χ2v) is 16.4. The van der Waals surface area contributed by atoms with E-state index in [1.165, 1.54) is 10.8 Å². The highest BCUT2D eigenvalue weighted by Crippen LogP contribution is 2.37. The molecule has 8 rings (SSSR count). The van der Waals surface area contributed by atoms with E-state index in [9.17, 15) is 24.3 Å². The summed E-state index contributed by atoms with van der Waals surface area (Å²) >= 11 is 6.90. The molecule has 364 valence electrons. The van der Waals surface area contributed by atoms with E-state index in [0.717, 1.165) is 35.1 Å². The number of hydrogen-bond acceptors (Lipinski definition) is 15. The molecule has 5 aromatic heterocycles. The Bertz CT molecular complexity index is 2910. The first-order valence-electron chi connectivity index (χ1n) is 23.0. The van der Waals surface area contributed by atoms with Crippen molar-refractivity contribution in [3.05, 3.63) is 125 Å². The standard InChI is InChI=1S/C47H49ClN14O6.C2H6/c1-28-31(32-9-5-11-34(40(32)48)56-43(65)36-18-16-30(26-54-36)27-61-22-3-2-12-37(61)44(66)67)8-4-10-33(28)55-42(64)35-17-15-29(25-53-35)24-50-20-21-51-39(63)14-6-19-52-46-58-45(49)62-47(59-46)57-41(60-62)38-13-7-23-68-38;1-2/h4-5,7-11,13,15-18,23,25-26,37,50H,2-3,6,12,14,19-22,24,27H2,1H3,(H,51,63)(H,55,64)(H,56,65)(H,66,67)(H3,49,52,57,58,59,60);1-2H3. The number of likely N-dealkylation sites (tertiary alicyclic amines) is 1. The summed E-state index contributed by atoms with van der Waals surface area (Å²) in [5.41, 5.74) is 11.3. The SMILES string of the molecule is CC.Cc1c(NC(=O)c2ccc(CNCCNC(=O)CCCNc3nc(N)n4nc(-c5ccco5)nc4n3)cn2)cccc1-c1cccc(NC(=O)c2ccc(CN3CCCCC3C(=O)O)cn2)c1Cl. The lowest BCUT2D eigenvalue weighted by Gasteiger charge is -2.32. The van der Waals surface area contributed by atoms with Gasteiger partial charge in [0.25, 0.3) is 17.6 Å². The van der Waals surface area contributed by atoms with Crippen molar-refractivity contribution in [3.63, 3.8) is 0 Å².